The van der Waals surface area contributed by atoms with Gasteiger partial charge < -0.3 is 9.80 Å². The summed E-state index contributed by atoms with van der Waals surface area (Å²) in [6, 6.07) is 13.3. The van der Waals surface area contributed by atoms with E-state index in [-0.39, 0.29) is 0 Å². The summed E-state index contributed by atoms with van der Waals surface area (Å²) in [5.74, 6) is 1.29. The highest BCUT2D eigenvalue weighted by Crippen LogP contribution is 2.31. The van der Waals surface area contributed by atoms with Gasteiger partial charge in [0.15, 0.2) is 0 Å². The fraction of sp³-hybridized carbons (Fsp3) is 0.500. The van der Waals surface area contributed by atoms with E-state index in [0.29, 0.717) is 0 Å². The van der Waals surface area contributed by atoms with E-state index in [0.717, 1.165) is 57.9 Å². The maximum Gasteiger partial charge on any atom is 0.137 e. The van der Waals surface area contributed by atoms with Crippen molar-refractivity contribution in [2.45, 2.75) is 47.2 Å². The third kappa shape index (κ3) is 5.08. The Hall–Kier alpha value is -2.15. The van der Waals surface area contributed by atoms with Gasteiger partial charge in [-0.05, 0) is 63.7 Å². The van der Waals surface area contributed by atoms with Crippen molar-refractivity contribution in [2.24, 2.45) is 0 Å². The van der Waals surface area contributed by atoms with Crippen LogP contribution in [0.1, 0.15) is 40.4 Å². The Labute approximate surface area is 197 Å². The predicted octanol–water partition coefficient (Wildman–Crippen LogP) is 4.89. The average Bonchev–Trinajstić information content (AvgIpc) is 3.37. The highest BCUT2D eigenvalue weighted by atomic mass is 32.1. The molecule has 0 amide bonds. The van der Waals surface area contributed by atoms with E-state index in [4.69, 9.17) is 5.10 Å². The minimum Gasteiger partial charge on any atom is -0.354 e. The number of piperazine rings is 1. The van der Waals surface area contributed by atoms with Gasteiger partial charge in [-0.1, -0.05) is 26.0 Å². The molecule has 1 fully saturated rings. The van der Waals surface area contributed by atoms with Crippen molar-refractivity contribution in [3.63, 3.8) is 0 Å². The fourth-order valence-corrected chi connectivity index (χ4v) is 5.44. The molecule has 6 heteroatoms. The number of aryl methyl sites for hydroxylation is 3. The minimum atomic E-state index is 0.935. The van der Waals surface area contributed by atoms with Crippen LogP contribution >= 0.6 is 11.3 Å². The number of benzene rings is 1. The van der Waals surface area contributed by atoms with Crippen LogP contribution in [-0.2, 0) is 19.5 Å². The first-order valence-electron chi connectivity index (χ1n) is 11.9. The van der Waals surface area contributed by atoms with Gasteiger partial charge in [0.1, 0.15) is 5.82 Å². The summed E-state index contributed by atoms with van der Waals surface area (Å²) < 4.78 is 2.22. The van der Waals surface area contributed by atoms with Gasteiger partial charge in [-0.2, -0.15) is 5.10 Å². The second-order valence-electron chi connectivity index (χ2n) is 8.96. The highest BCUT2D eigenvalue weighted by molar-refractivity contribution is 7.11. The molecule has 1 aromatic carbocycles. The molecule has 3 heterocycles. The standard InChI is InChI=1S/C26H37N5S/c1-6-25-24(19-29(7-2)18-23-12-11-21(4)32-23)26(30-15-13-28(5)14-16-30)31(27-25)22-10-8-9-20(3)17-22/h8-12,17H,6-7,13-16,18-19H2,1-5H3. The van der Waals surface area contributed by atoms with Crippen LogP contribution in [0.25, 0.3) is 5.69 Å². The van der Waals surface area contributed by atoms with Crippen molar-refractivity contribution >= 4 is 17.2 Å². The zero-order valence-electron chi connectivity index (χ0n) is 20.3. The predicted molar refractivity (Wildman–Crippen MR) is 136 cm³/mol. The lowest BCUT2D eigenvalue weighted by molar-refractivity contribution is 0.272. The average molecular weight is 452 g/mol. The largest absolute Gasteiger partial charge is 0.354 e. The zero-order valence-corrected chi connectivity index (χ0v) is 21.1. The topological polar surface area (TPSA) is 27.5 Å². The van der Waals surface area contributed by atoms with E-state index in [9.17, 15) is 0 Å². The molecule has 0 spiro atoms. The number of aromatic nitrogens is 2. The van der Waals surface area contributed by atoms with Crippen LogP contribution in [0.4, 0.5) is 5.82 Å². The molecule has 2 aromatic heterocycles. The summed E-state index contributed by atoms with van der Waals surface area (Å²) in [6.45, 7) is 16.1. The van der Waals surface area contributed by atoms with Gasteiger partial charge >= 0.3 is 0 Å². The lowest BCUT2D eigenvalue weighted by Crippen LogP contribution is -2.45. The molecule has 0 bridgehead atoms. The summed E-state index contributed by atoms with van der Waals surface area (Å²) in [5, 5.41) is 5.17. The summed E-state index contributed by atoms with van der Waals surface area (Å²) in [6.07, 6.45) is 0.949. The Kier molecular flexibility index (Phi) is 7.33. The summed E-state index contributed by atoms with van der Waals surface area (Å²) in [7, 11) is 2.22. The minimum absolute atomic E-state index is 0.935. The maximum atomic E-state index is 5.17. The van der Waals surface area contributed by atoms with Gasteiger partial charge in [-0.25, -0.2) is 4.68 Å². The van der Waals surface area contributed by atoms with Gasteiger partial charge in [0.05, 0.1) is 11.4 Å². The Morgan fingerprint density at radius 3 is 2.41 bits per heavy atom. The highest BCUT2D eigenvalue weighted by Gasteiger charge is 2.26. The summed E-state index contributed by atoms with van der Waals surface area (Å²) in [5.41, 5.74) is 5.05. The first-order chi connectivity index (χ1) is 15.5. The molecule has 5 nitrogen and oxygen atoms in total. The lowest BCUT2D eigenvalue weighted by Gasteiger charge is -2.35. The lowest BCUT2D eigenvalue weighted by atomic mass is 10.1. The van der Waals surface area contributed by atoms with Gasteiger partial charge in [-0.3, -0.25) is 4.90 Å². The van der Waals surface area contributed by atoms with Crippen molar-refractivity contribution in [3.8, 4) is 5.69 Å². The summed E-state index contributed by atoms with van der Waals surface area (Å²) >= 11 is 1.91. The number of rotatable bonds is 8. The van der Waals surface area contributed by atoms with Gasteiger partial charge in [0.25, 0.3) is 0 Å². The monoisotopic (exact) mass is 451 g/mol. The normalized spacial score (nSPS) is 15.1. The molecule has 1 aliphatic heterocycles. The molecule has 3 aromatic rings. The van der Waals surface area contributed by atoms with Crippen LogP contribution in [0.5, 0.6) is 0 Å². The molecular weight excluding hydrogens is 414 g/mol. The van der Waals surface area contributed by atoms with E-state index in [1.807, 2.05) is 11.3 Å². The van der Waals surface area contributed by atoms with Gasteiger partial charge in [0, 0.05) is 54.6 Å². The van der Waals surface area contributed by atoms with Crippen LogP contribution in [0.3, 0.4) is 0 Å². The molecule has 32 heavy (non-hydrogen) atoms. The summed E-state index contributed by atoms with van der Waals surface area (Å²) in [4.78, 5) is 10.4. The van der Waals surface area contributed by atoms with E-state index in [1.54, 1.807) is 0 Å². The Balaban J connectivity index is 1.73. The van der Waals surface area contributed by atoms with Crippen molar-refractivity contribution < 1.29 is 0 Å². The molecule has 0 atom stereocenters. The number of likely N-dealkylation sites (N-methyl/N-ethyl adjacent to an activating group) is 1. The zero-order chi connectivity index (χ0) is 22.7. The Morgan fingerprint density at radius 2 is 1.78 bits per heavy atom. The second-order valence-corrected chi connectivity index (χ2v) is 10.3. The number of hydrogen-bond donors (Lipinski definition) is 0. The van der Waals surface area contributed by atoms with E-state index in [1.165, 1.54) is 32.4 Å². The third-order valence-corrected chi connectivity index (χ3v) is 7.41. The van der Waals surface area contributed by atoms with E-state index in [2.05, 4.69) is 90.5 Å². The second kappa shape index (κ2) is 10.2. The van der Waals surface area contributed by atoms with Crippen LogP contribution in [-0.4, -0.2) is 59.4 Å². The number of thiophene rings is 1. The van der Waals surface area contributed by atoms with E-state index < -0.39 is 0 Å². The van der Waals surface area contributed by atoms with Crippen LogP contribution in [0, 0.1) is 13.8 Å². The first-order valence-corrected chi connectivity index (χ1v) is 12.7. The van der Waals surface area contributed by atoms with Crippen molar-refractivity contribution in [1.29, 1.82) is 0 Å². The molecular formula is C26H37N5S. The van der Waals surface area contributed by atoms with Crippen LogP contribution in [0.15, 0.2) is 36.4 Å². The van der Waals surface area contributed by atoms with Crippen LogP contribution in [0.2, 0.25) is 0 Å². The SMILES string of the molecule is CCc1nn(-c2cccc(C)c2)c(N2CCN(C)CC2)c1CN(CC)Cc1ccc(C)s1. The number of hydrogen-bond acceptors (Lipinski definition) is 5. The molecule has 0 unspecified atom stereocenters. The molecule has 172 valence electrons. The molecule has 0 N–H and O–H groups in total. The Bertz CT molecular complexity index is 1030. The molecule has 1 aliphatic rings. The van der Waals surface area contributed by atoms with Crippen LogP contribution < -0.4 is 4.90 Å². The van der Waals surface area contributed by atoms with Gasteiger partial charge in [0.2, 0.25) is 0 Å². The molecule has 0 radical (unpaired) electrons. The number of nitrogens with zero attached hydrogens (tertiary/aromatic N) is 5. The van der Waals surface area contributed by atoms with Crippen molar-refractivity contribution in [2.75, 3.05) is 44.7 Å². The molecule has 0 saturated carbocycles. The smallest absolute Gasteiger partial charge is 0.137 e. The Morgan fingerprint density at radius 1 is 1.00 bits per heavy atom. The third-order valence-electron chi connectivity index (χ3n) is 6.43. The van der Waals surface area contributed by atoms with Gasteiger partial charge in [-0.15, -0.1) is 11.3 Å². The maximum absolute atomic E-state index is 5.17. The quantitative estimate of drug-likeness (QED) is 0.487. The molecule has 1 saturated heterocycles. The molecule has 4 rings (SSSR count). The number of anilines is 1. The molecule has 0 aliphatic carbocycles. The fourth-order valence-electron chi connectivity index (χ4n) is 4.51. The van der Waals surface area contributed by atoms with Crippen molar-refractivity contribution in [3.05, 3.63) is 63.0 Å². The van der Waals surface area contributed by atoms with Crippen molar-refractivity contribution in [1.82, 2.24) is 19.6 Å². The van der Waals surface area contributed by atoms with E-state index >= 15 is 0 Å². The first kappa shape index (κ1) is 23.0.